The zero-order valence-electron chi connectivity index (χ0n) is 16.2. The molecular formula is C21H18ClN3O5. The van der Waals surface area contributed by atoms with Crippen LogP contribution in [0.3, 0.4) is 0 Å². The summed E-state index contributed by atoms with van der Waals surface area (Å²) in [6.45, 7) is 1.75. The summed E-state index contributed by atoms with van der Waals surface area (Å²) < 4.78 is 17.1. The van der Waals surface area contributed by atoms with Gasteiger partial charge in [-0.2, -0.15) is 5.10 Å². The second kappa shape index (κ2) is 8.08. The molecule has 1 aromatic heterocycles. The van der Waals surface area contributed by atoms with E-state index in [1.165, 1.54) is 13.2 Å². The lowest BCUT2D eigenvalue weighted by Crippen LogP contribution is -2.33. The highest BCUT2D eigenvalue weighted by atomic mass is 35.5. The second-order valence-corrected chi connectivity index (χ2v) is 7.02. The van der Waals surface area contributed by atoms with Crippen molar-refractivity contribution in [3.05, 3.63) is 63.9 Å². The van der Waals surface area contributed by atoms with Crippen LogP contribution in [0.25, 0.3) is 11.3 Å². The van der Waals surface area contributed by atoms with Crippen LogP contribution in [0.2, 0.25) is 5.02 Å². The van der Waals surface area contributed by atoms with Crippen molar-refractivity contribution >= 4 is 23.2 Å². The van der Waals surface area contributed by atoms with Crippen LogP contribution in [0.15, 0.2) is 53.3 Å². The number of aromatic nitrogens is 2. The Morgan fingerprint density at radius 1 is 1.17 bits per heavy atom. The molecule has 1 aliphatic rings. The molecule has 1 N–H and O–H groups in total. The van der Waals surface area contributed by atoms with Gasteiger partial charge < -0.3 is 19.5 Å². The molecule has 0 saturated carbocycles. The van der Waals surface area contributed by atoms with Gasteiger partial charge in [0, 0.05) is 16.7 Å². The molecule has 0 spiro atoms. The smallest absolute Gasteiger partial charge is 0.267 e. The highest BCUT2D eigenvalue weighted by molar-refractivity contribution is 6.31. The molecule has 4 rings (SSSR count). The predicted molar refractivity (Wildman–Crippen MR) is 111 cm³/mol. The van der Waals surface area contributed by atoms with Crippen molar-refractivity contribution in [2.75, 3.05) is 19.2 Å². The molecule has 0 saturated heterocycles. The molecule has 9 heteroatoms. The number of methoxy groups -OCH3 is 1. The van der Waals surface area contributed by atoms with E-state index in [1.54, 1.807) is 43.3 Å². The molecule has 3 aromatic rings. The Hall–Kier alpha value is -3.52. The number of benzene rings is 2. The van der Waals surface area contributed by atoms with Gasteiger partial charge in [-0.15, -0.1) is 0 Å². The topological polar surface area (TPSA) is 91.7 Å². The molecule has 30 heavy (non-hydrogen) atoms. The lowest BCUT2D eigenvalue weighted by Gasteiger charge is -2.16. The van der Waals surface area contributed by atoms with Gasteiger partial charge in [0.05, 0.1) is 18.5 Å². The lowest BCUT2D eigenvalue weighted by atomic mass is 10.1. The highest BCUT2D eigenvalue weighted by Crippen LogP contribution is 2.35. The Balaban J connectivity index is 1.62. The summed E-state index contributed by atoms with van der Waals surface area (Å²) in [6.07, 6.45) is 0. The summed E-state index contributed by atoms with van der Waals surface area (Å²) in [6, 6.07) is 12.3. The molecule has 154 valence electrons. The Morgan fingerprint density at radius 2 is 1.97 bits per heavy atom. The maximum Gasteiger partial charge on any atom is 0.267 e. The third-order valence-corrected chi connectivity index (χ3v) is 4.89. The van der Waals surface area contributed by atoms with E-state index in [0.717, 1.165) is 10.2 Å². The van der Waals surface area contributed by atoms with Crippen LogP contribution >= 0.6 is 11.6 Å². The normalized spacial score (nSPS) is 13.0. The van der Waals surface area contributed by atoms with Gasteiger partial charge in [0.15, 0.2) is 11.5 Å². The number of nitrogens with one attached hydrogen (secondary N) is 1. The number of fused-ring (bicyclic) bond motifs is 1. The number of hydrogen-bond donors (Lipinski definition) is 1. The molecule has 0 bridgehead atoms. The van der Waals surface area contributed by atoms with Crippen LogP contribution in [0.5, 0.6) is 17.2 Å². The zero-order valence-corrected chi connectivity index (χ0v) is 17.0. The third kappa shape index (κ3) is 3.81. The number of amides is 1. The zero-order chi connectivity index (χ0) is 21.3. The standard InChI is InChI=1S/C21H18ClN3O5/c1-12(21(27)23-16-10-14(22)4-7-17(16)28-2)25-20(26)8-5-15(24-25)13-3-6-18-19(9-13)30-11-29-18/h3-10,12H,11H2,1-2H3,(H,23,27). The number of ether oxygens (including phenoxy) is 3. The lowest BCUT2D eigenvalue weighted by molar-refractivity contribution is -0.119. The number of hydrogen-bond acceptors (Lipinski definition) is 6. The summed E-state index contributed by atoms with van der Waals surface area (Å²) in [4.78, 5) is 25.2. The van der Waals surface area contributed by atoms with E-state index in [0.29, 0.717) is 33.7 Å². The SMILES string of the molecule is COc1ccc(Cl)cc1NC(=O)C(C)n1nc(-c2ccc3c(c2)OCO3)ccc1=O. The minimum absolute atomic E-state index is 0.163. The summed E-state index contributed by atoms with van der Waals surface area (Å²) in [5, 5.41) is 7.56. The van der Waals surface area contributed by atoms with Crippen molar-refractivity contribution in [1.82, 2.24) is 9.78 Å². The van der Waals surface area contributed by atoms with Gasteiger partial charge in [0.1, 0.15) is 11.8 Å². The number of nitrogens with zero attached hydrogens (tertiary/aromatic N) is 2. The number of carbonyl (C=O) groups is 1. The molecule has 1 aliphatic heterocycles. The van der Waals surface area contributed by atoms with Crippen molar-refractivity contribution in [2.45, 2.75) is 13.0 Å². The van der Waals surface area contributed by atoms with E-state index in [1.807, 2.05) is 6.07 Å². The monoisotopic (exact) mass is 427 g/mol. The van der Waals surface area contributed by atoms with Crippen molar-refractivity contribution in [1.29, 1.82) is 0 Å². The molecule has 2 heterocycles. The van der Waals surface area contributed by atoms with Crippen LogP contribution in [-0.2, 0) is 4.79 Å². The first-order valence-electron chi connectivity index (χ1n) is 9.10. The van der Waals surface area contributed by atoms with Crippen molar-refractivity contribution in [3.63, 3.8) is 0 Å². The summed E-state index contributed by atoms with van der Waals surface area (Å²) in [7, 11) is 1.49. The first-order chi connectivity index (χ1) is 14.5. The third-order valence-electron chi connectivity index (χ3n) is 4.66. The molecule has 0 fully saturated rings. The molecular weight excluding hydrogens is 410 g/mol. The summed E-state index contributed by atoms with van der Waals surface area (Å²) in [5.41, 5.74) is 1.26. The number of carbonyl (C=O) groups excluding carboxylic acids is 1. The Bertz CT molecular complexity index is 1180. The molecule has 1 unspecified atom stereocenters. The molecule has 2 aromatic carbocycles. The maximum atomic E-state index is 12.8. The van der Waals surface area contributed by atoms with Crippen LogP contribution in [0, 0.1) is 0 Å². The summed E-state index contributed by atoms with van der Waals surface area (Å²) >= 11 is 6.01. The van der Waals surface area contributed by atoms with E-state index in [9.17, 15) is 9.59 Å². The average Bonchev–Trinajstić information content (AvgIpc) is 3.21. The van der Waals surface area contributed by atoms with Gasteiger partial charge in [0.25, 0.3) is 5.56 Å². The van der Waals surface area contributed by atoms with Gasteiger partial charge in [-0.3, -0.25) is 9.59 Å². The Labute approximate surface area is 176 Å². The van der Waals surface area contributed by atoms with Crippen LogP contribution in [0.1, 0.15) is 13.0 Å². The van der Waals surface area contributed by atoms with E-state index in [-0.39, 0.29) is 6.79 Å². The second-order valence-electron chi connectivity index (χ2n) is 6.58. The van der Waals surface area contributed by atoms with Crippen molar-refractivity contribution in [3.8, 4) is 28.5 Å². The molecule has 1 amide bonds. The quantitative estimate of drug-likeness (QED) is 0.670. The fourth-order valence-corrected chi connectivity index (χ4v) is 3.21. The molecule has 8 nitrogen and oxygen atoms in total. The average molecular weight is 428 g/mol. The van der Waals surface area contributed by atoms with Gasteiger partial charge >= 0.3 is 0 Å². The highest BCUT2D eigenvalue weighted by Gasteiger charge is 2.21. The number of halogens is 1. The predicted octanol–water partition coefficient (Wildman–Crippen LogP) is 3.50. The van der Waals surface area contributed by atoms with E-state index < -0.39 is 17.5 Å². The van der Waals surface area contributed by atoms with E-state index >= 15 is 0 Å². The fourth-order valence-electron chi connectivity index (χ4n) is 3.04. The first-order valence-corrected chi connectivity index (χ1v) is 9.48. The van der Waals surface area contributed by atoms with Gasteiger partial charge in [-0.25, -0.2) is 4.68 Å². The van der Waals surface area contributed by atoms with Gasteiger partial charge in [0.2, 0.25) is 12.7 Å². The van der Waals surface area contributed by atoms with Crippen molar-refractivity contribution in [2.24, 2.45) is 0 Å². The van der Waals surface area contributed by atoms with Crippen LogP contribution < -0.4 is 25.1 Å². The van der Waals surface area contributed by atoms with Crippen molar-refractivity contribution < 1.29 is 19.0 Å². The fraction of sp³-hybridized carbons (Fsp3) is 0.190. The minimum atomic E-state index is -0.879. The molecule has 0 radical (unpaired) electrons. The number of rotatable bonds is 5. The molecule has 0 aliphatic carbocycles. The number of anilines is 1. The van der Waals surface area contributed by atoms with Gasteiger partial charge in [-0.1, -0.05) is 11.6 Å². The largest absolute Gasteiger partial charge is 0.495 e. The molecule has 1 atom stereocenters. The van der Waals surface area contributed by atoms with Crippen LogP contribution in [0.4, 0.5) is 5.69 Å². The maximum absolute atomic E-state index is 12.8. The minimum Gasteiger partial charge on any atom is -0.495 e. The van der Waals surface area contributed by atoms with E-state index in [4.69, 9.17) is 25.8 Å². The van der Waals surface area contributed by atoms with Crippen LogP contribution in [-0.4, -0.2) is 29.6 Å². The first kappa shape index (κ1) is 19.8. The Morgan fingerprint density at radius 3 is 2.77 bits per heavy atom. The summed E-state index contributed by atoms with van der Waals surface area (Å²) in [5.74, 6) is 1.27. The van der Waals surface area contributed by atoms with Gasteiger partial charge in [-0.05, 0) is 49.4 Å². The Kier molecular flexibility index (Phi) is 5.33. The van der Waals surface area contributed by atoms with E-state index in [2.05, 4.69) is 10.4 Å².